The molecule has 0 atom stereocenters. The first kappa shape index (κ1) is 15.0. The van der Waals surface area contributed by atoms with Gasteiger partial charge in [0.05, 0.1) is 5.69 Å². The topological polar surface area (TPSA) is 38.0 Å². The molecule has 2 nitrogen and oxygen atoms in total. The van der Waals surface area contributed by atoms with E-state index in [1.807, 2.05) is 18.2 Å². The summed E-state index contributed by atoms with van der Waals surface area (Å²) in [6.07, 6.45) is 0. The Balaban J connectivity index is 2.38. The minimum absolute atomic E-state index is 0.403. The van der Waals surface area contributed by atoms with Crippen LogP contribution in [0, 0.1) is 20.8 Å². The lowest BCUT2D eigenvalue weighted by Gasteiger charge is -2.15. The summed E-state index contributed by atoms with van der Waals surface area (Å²) in [7, 11) is 0. The summed E-state index contributed by atoms with van der Waals surface area (Å²) < 4.78 is 0.946. The molecule has 0 unspecified atom stereocenters. The molecule has 0 aromatic heterocycles. The van der Waals surface area contributed by atoms with Crippen LogP contribution in [0.2, 0.25) is 0 Å². The molecule has 2 rings (SSSR count). The highest BCUT2D eigenvalue weighted by Crippen LogP contribution is 2.30. The number of hydrogen-bond acceptors (Lipinski definition) is 2. The Hall–Kier alpha value is -1.39. The lowest BCUT2D eigenvalue weighted by atomic mass is 10.0. The Labute approximate surface area is 133 Å². The van der Waals surface area contributed by atoms with Gasteiger partial charge >= 0.3 is 0 Å². The molecule has 0 radical (unpaired) electrons. The molecular weight excluding hydrogens is 332 g/mol. The Morgan fingerprint density at radius 1 is 1.10 bits per heavy atom. The molecule has 20 heavy (non-hydrogen) atoms. The second-order valence-electron chi connectivity index (χ2n) is 4.96. The van der Waals surface area contributed by atoms with E-state index in [9.17, 15) is 0 Å². The van der Waals surface area contributed by atoms with Crippen molar-refractivity contribution < 1.29 is 0 Å². The molecule has 0 aliphatic rings. The minimum atomic E-state index is 0.403. The average molecular weight is 349 g/mol. The number of halogens is 1. The third kappa shape index (κ3) is 3.19. The van der Waals surface area contributed by atoms with Crippen LogP contribution in [0.4, 0.5) is 11.4 Å². The van der Waals surface area contributed by atoms with Crippen molar-refractivity contribution in [1.82, 2.24) is 0 Å². The van der Waals surface area contributed by atoms with Crippen LogP contribution in [0.15, 0.2) is 34.8 Å². The van der Waals surface area contributed by atoms with Gasteiger partial charge in [0.1, 0.15) is 4.99 Å². The van der Waals surface area contributed by atoms with E-state index in [1.165, 1.54) is 16.7 Å². The summed E-state index contributed by atoms with van der Waals surface area (Å²) in [5.74, 6) is 0. The van der Waals surface area contributed by atoms with Crippen molar-refractivity contribution in [3.63, 3.8) is 0 Å². The van der Waals surface area contributed by atoms with E-state index in [0.717, 1.165) is 21.4 Å². The highest BCUT2D eigenvalue weighted by Gasteiger charge is 2.08. The Morgan fingerprint density at radius 3 is 2.20 bits per heavy atom. The molecule has 0 bridgehead atoms. The van der Waals surface area contributed by atoms with E-state index < -0.39 is 0 Å². The standard InChI is InChI=1S/C16H17BrN2S/c1-9-6-10(2)15(11(3)7-9)19-14-5-4-12(16(18)20)8-13(14)17/h4-8,19H,1-3H3,(H2,18,20). The zero-order valence-electron chi connectivity index (χ0n) is 11.8. The number of benzene rings is 2. The number of rotatable bonds is 3. The molecule has 0 heterocycles. The zero-order valence-corrected chi connectivity index (χ0v) is 14.2. The number of nitrogens with one attached hydrogen (secondary N) is 1. The average Bonchev–Trinajstić information content (AvgIpc) is 2.34. The molecule has 104 valence electrons. The smallest absolute Gasteiger partial charge is 0.104 e. The lowest BCUT2D eigenvalue weighted by Crippen LogP contribution is -2.09. The van der Waals surface area contributed by atoms with Gasteiger partial charge < -0.3 is 11.1 Å². The van der Waals surface area contributed by atoms with Crippen molar-refractivity contribution in [2.75, 3.05) is 5.32 Å². The van der Waals surface area contributed by atoms with E-state index in [4.69, 9.17) is 18.0 Å². The summed E-state index contributed by atoms with van der Waals surface area (Å²) in [5.41, 5.74) is 12.4. The maximum atomic E-state index is 5.64. The fourth-order valence-electron chi connectivity index (χ4n) is 2.28. The van der Waals surface area contributed by atoms with Crippen LogP contribution in [0.25, 0.3) is 0 Å². The molecule has 0 amide bonds. The van der Waals surface area contributed by atoms with Crippen molar-refractivity contribution >= 4 is 44.5 Å². The largest absolute Gasteiger partial charge is 0.389 e. The molecule has 0 aliphatic heterocycles. The van der Waals surface area contributed by atoms with Gasteiger partial charge in [0, 0.05) is 15.7 Å². The molecule has 0 fully saturated rings. The number of anilines is 2. The van der Waals surface area contributed by atoms with Crippen LogP contribution < -0.4 is 11.1 Å². The Kier molecular flexibility index (Phi) is 4.45. The fraction of sp³-hybridized carbons (Fsp3) is 0.188. The van der Waals surface area contributed by atoms with E-state index in [0.29, 0.717) is 4.99 Å². The highest BCUT2D eigenvalue weighted by molar-refractivity contribution is 9.10. The summed E-state index contributed by atoms with van der Waals surface area (Å²) in [6, 6.07) is 10.2. The van der Waals surface area contributed by atoms with Crippen LogP contribution >= 0.6 is 28.1 Å². The monoisotopic (exact) mass is 348 g/mol. The Bertz CT molecular complexity index is 657. The van der Waals surface area contributed by atoms with E-state index in [2.05, 4.69) is 54.2 Å². The highest BCUT2D eigenvalue weighted by atomic mass is 79.9. The van der Waals surface area contributed by atoms with Crippen LogP contribution in [-0.2, 0) is 0 Å². The van der Waals surface area contributed by atoms with Crippen molar-refractivity contribution in [2.45, 2.75) is 20.8 Å². The molecule has 0 saturated carbocycles. The fourth-order valence-corrected chi connectivity index (χ4v) is 2.89. The van der Waals surface area contributed by atoms with Gasteiger partial charge in [0.15, 0.2) is 0 Å². The number of hydrogen-bond donors (Lipinski definition) is 2. The van der Waals surface area contributed by atoms with E-state index in [-0.39, 0.29) is 0 Å². The van der Waals surface area contributed by atoms with Crippen molar-refractivity contribution in [3.8, 4) is 0 Å². The molecule has 3 N–H and O–H groups in total. The zero-order chi connectivity index (χ0) is 14.9. The van der Waals surface area contributed by atoms with E-state index >= 15 is 0 Å². The number of thiocarbonyl (C=S) groups is 1. The van der Waals surface area contributed by atoms with Gasteiger partial charge in [0.2, 0.25) is 0 Å². The normalized spacial score (nSPS) is 10.4. The molecular formula is C16H17BrN2S. The Morgan fingerprint density at radius 2 is 1.70 bits per heavy atom. The summed E-state index contributed by atoms with van der Waals surface area (Å²) in [4.78, 5) is 0.403. The molecule has 2 aromatic rings. The van der Waals surface area contributed by atoms with Gasteiger partial charge in [-0.2, -0.15) is 0 Å². The minimum Gasteiger partial charge on any atom is -0.389 e. The first-order chi connectivity index (χ1) is 9.38. The van der Waals surface area contributed by atoms with Gasteiger partial charge in [-0.15, -0.1) is 0 Å². The molecule has 0 spiro atoms. The summed E-state index contributed by atoms with van der Waals surface area (Å²) in [6.45, 7) is 6.33. The summed E-state index contributed by atoms with van der Waals surface area (Å²) in [5, 5.41) is 3.47. The van der Waals surface area contributed by atoms with Gasteiger partial charge in [-0.1, -0.05) is 29.9 Å². The second-order valence-corrected chi connectivity index (χ2v) is 6.25. The third-order valence-corrected chi connectivity index (χ3v) is 4.08. The molecule has 0 saturated heterocycles. The first-order valence-corrected chi connectivity index (χ1v) is 7.53. The van der Waals surface area contributed by atoms with Crippen LogP contribution in [0.5, 0.6) is 0 Å². The molecule has 0 aliphatic carbocycles. The van der Waals surface area contributed by atoms with Crippen LogP contribution in [0.3, 0.4) is 0 Å². The second kappa shape index (κ2) is 5.94. The number of aryl methyl sites for hydroxylation is 3. The quantitative estimate of drug-likeness (QED) is 0.785. The van der Waals surface area contributed by atoms with Crippen molar-refractivity contribution in [1.29, 1.82) is 0 Å². The predicted octanol–water partition coefficient (Wildman–Crippen LogP) is 4.75. The number of nitrogens with two attached hydrogens (primary N) is 1. The van der Waals surface area contributed by atoms with Crippen LogP contribution in [-0.4, -0.2) is 4.99 Å². The van der Waals surface area contributed by atoms with Gasteiger partial charge in [-0.3, -0.25) is 0 Å². The van der Waals surface area contributed by atoms with Gasteiger partial charge in [0.25, 0.3) is 0 Å². The molecule has 2 aromatic carbocycles. The summed E-state index contributed by atoms with van der Waals surface area (Å²) >= 11 is 8.55. The van der Waals surface area contributed by atoms with Crippen LogP contribution in [0.1, 0.15) is 22.3 Å². The maximum absolute atomic E-state index is 5.64. The van der Waals surface area contributed by atoms with Gasteiger partial charge in [-0.05, 0) is 66.0 Å². The van der Waals surface area contributed by atoms with E-state index in [1.54, 1.807) is 0 Å². The lowest BCUT2D eigenvalue weighted by molar-refractivity contribution is 1.31. The maximum Gasteiger partial charge on any atom is 0.104 e. The van der Waals surface area contributed by atoms with Gasteiger partial charge in [-0.25, -0.2) is 0 Å². The predicted molar refractivity (Wildman–Crippen MR) is 94.0 cm³/mol. The molecule has 4 heteroatoms. The van der Waals surface area contributed by atoms with Crippen molar-refractivity contribution in [3.05, 3.63) is 57.1 Å². The third-order valence-electron chi connectivity index (χ3n) is 3.19. The first-order valence-electron chi connectivity index (χ1n) is 6.32. The van der Waals surface area contributed by atoms with Crippen molar-refractivity contribution in [2.24, 2.45) is 5.73 Å². The SMILES string of the molecule is Cc1cc(C)c(Nc2ccc(C(N)=S)cc2Br)c(C)c1.